The maximum atomic E-state index is 3.92. The van der Waals surface area contributed by atoms with E-state index in [-0.39, 0.29) is 0 Å². The average molecular weight is 422 g/mol. The molecule has 0 bridgehead atoms. The Morgan fingerprint density at radius 3 is 2.20 bits per heavy atom. The van der Waals surface area contributed by atoms with Gasteiger partial charge in [-0.15, -0.1) is 11.8 Å². The van der Waals surface area contributed by atoms with Crippen LogP contribution in [-0.2, 0) is 0 Å². The fourth-order valence-corrected chi connectivity index (χ4v) is 6.63. The van der Waals surface area contributed by atoms with Crippen LogP contribution in [0.3, 0.4) is 0 Å². The van der Waals surface area contributed by atoms with Crippen LogP contribution in [0.1, 0.15) is 64.5 Å². The topological polar surface area (TPSA) is 12.0 Å². The fourth-order valence-electron chi connectivity index (χ4n) is 4.61. The van der Waals surface area contributed by atoms with Crippen molar-refractivity contribution in [3.8, 4) is 0 Å². The molecule has 2 aliphatic rings. The quantitative estimate of drug-likeness (QED) is 0.536. The number of anilines is 1. The normalized spacial score (nSPS) is 31.2. The summed E-state index contributed by atoms with van der Waals surface area (Å²) in [7, 11) is 0. The van der Waals surface area contributed by atoms with Crippen molar-refractivity contribution in [2.24, 2.45) is 23.7 Å². The van der Waals surface area contributed by atoms with Gasteiger partial charge in [0.2, 0.25) is 0 Å². The second-order valence-corrected chi connectivity index (χ2v) is 10.5. The molecule has 0 radical (unpaired) electrons. The molecular formula is C22H32BrNS. The van der Waals surface area contributed by atoms with Gasteiger partial charge in [-0.25, -0.2) is 0 Å². The highest BCUT2D eigenvalue weighted by Crippen LogP contribution is 2.51. The molecule has 1 aliphatic heterocycles. The van der Waals surface area contributed by atoms with Gasteiger partial charge in [-0.2, -0.15) is 0 Å². The molecule has 0 amide bonds. The van der Waals surface area contributed by atoms with Gasteiger partial charge in [0.05, 0.1) is 0 Å². The van der Waals surface area contributed by atoms with Crippen molar-refractivity contribution in [1.29, 1.82) is 0 Å². The summed E-state index contributed by atoms with van der Waals surface area (Å²) in [6.45, 7) is 15.2. The lowest BCUT2D eigenvalue weighted by Gasteiger charge is -2.27. The highest BCUT2D eigenvalue weighted by Gasteiger charge is 2.46. The van der Waals surface area contributed by atoms with Gasteiger partial charge in [0.1, 0.15) is 0 Å². The largest absolute Gasteiger partial charge is 0.384 e. The molecule has 1 aliphatic carbocycles. The number of benzene rings is 1. The Labute approximate surface area is 166 Å². The molecule has 0 saturated heterocycles. The van der Waals surface area contributed by atoms with Crippen molar-refractivity contribution in [3.63, 3.8) is 0 Å². The first-order valence-corrected chi connectivity index (χ1v) is 11.4. The van der Waals surface area contributed by atoms with E-state index < -0.39 is 0 Å². The van der Waals surface area contributed by atoms with E-state index in [4.69, 9.17) is 0 Å². The minimum absolute atomic E-state index is 0.521. The molecule has 1 fully saturated rings. The Bertz CT molecular complexity index is 622. The monoisotopic (exact) mass is 421 g/mol. The molecule has 3 heteroatoms. The number of hydrogen-bond donors (Lipinski definition) is 1. The summed E-state index contributed by atoms with van der Waals surface area (Å²) in [5.41, 5.74) is 4.25. The van der Waals surface area contributed by atoms with Crippen molar-refractivity contribution >= 4 is 33.4 Å². The van der Waals surface area contributed by atoms with Gasteiger partial charge < -0.3 is 5.32 Å². The number of nitrogens with one attached hydrogen (secondary N) is 1. The van der Waals surface area contributed by atoms with Crippen molar-refractivity contribution in [2.75, 3.05) is 11.9 Å². The summed E-state index contributed by atoms with van der Waals surface area (Å²) >= 11 is 5.78. The third kappa shape index (κ3) is 3.69. The van der Waals surface area contributed by atoms with E-state index in [9.17, 15) is 0 Å². The van der Waals surface area contributed by atoms with Crippen LogP contribution >= 0.6 is 27.7 Å². The zero-order valence-electron chi connectivity index (χ0n) is 16.3. The molecule has 5 atom stereocenters. The van der Waals surface area contributed by atoms with Gasteiger partial charge in [-0.3, -0.25) is 0 Å². The van der Waals surface area contributed by atoms with Gasteiger partial charge in [0.15, 0.2) is 0 Å². The molecule has 0 aromatic heterocycles. The fraction of sp³-hybridized carbons (Fsp3) is 0.636. The number of fused-ring (bicyclic) bond motifs is 1. The second-order valence-electron chi connectivity index (χ2n) is 8.54. The van der Waals surface area contributed by atoms with Gasteiger partial charge in [-0.1, -0.05) is 63.5 Å². The van der Waals surface area contributed by atoms with E-state index in [2.05, 4.69) is 98.2 Å². The minimum Gasteiger partial charge on any atom is -0.384 e. The summed E-state index contributed by atoms with van der Waals surface area (Å²) in [4.78, 5) is 0. The lowest BCUT2D eigenvalue weighted by Crippen LogP contribution is -2.26. The molecular weight excluding hydrogens is 390 g/mol. The van der Waals surface area contributed by atoms with Crippen molar-refractivity contribution in [2.45, 2.75) is 58.6 Å². The molecule has 3 rings (SSSR count). The first-order valence-electron chi connectivity index (χ1n) is 9.70. The highest BCUT2D eigenvalue weighted by atomic mass is 79.9. The van der Waals surface area contributed by atoms with Gasteiger partial charge in [-0.05, 0) is 64.2 Å². The first-order chi connectivity index (χ1) is 11.8. The second kappa shape index (κ2) is 7.68. The van der Waals surface area contributed by atoms with Crippen LogP contribution in [0.5, 0.6) is 0 Å². The standard InChI is InChI=1S/C22H32BrNS/c1-12(2)18-9-16(23)10-19(13(3)4)21(18)24-11-20-15(6)14(5)17-7-8-25-22(17)20/h7-10,12-15,17,20,22,24H,11H2,1-6H3. The van der Waals surface area contributed by atoms with Crippen LogP contribution in [-0.4, -0.2) is 11.8 Å². The number of halogens is 1. The van der Waals surface area contributed by atoms with Crippen LogP contribution < -0.4 is 5.32 Å². The molecule has 25 heavy (non-hydrogen) atoms. The van der Waals surface area contributed by atoms with Crippen LogP contribution in [0.25, 0.3) is 0 Å². The smallest absolute Gasteiger partial charge is 0.0411 e. The number of thioether (sulfide) groups is 1. The molecule has 0 spiro atoms. The number of allylic oxidation sites excluding steroid dienone is 1. The van der Waals surface area contributed by atoms with E-state index in [1.165, 1.54) is 21.3 Å². The lowest BCUT2D eigenvalue weighted by molar-refractivity contribution is 0.357. The molecule has 1 aromatic carbocycles. The Morgan fingerprint density at radius 2 is 1.64 bits per heavy atom. The molecule has 1 nitrogen and oxygen atoms in total. The summed E-state index contributed by atoms with van der Waals surface area (Å²) in [5.74, 6) is 4.12. The minimum atomic E-state index is 0.521. The Morgan fingerprint density at radius 1 is 1.04 bits per heavy atom. The van der Waals surface area contributed by atoms with E-state index in [0.717, 1.165) is 35.5 Å². The maximum absolute atomic E-state index is 3.92. The predicted molar refractivity (Wildman–Crippen MR) is 117 cm³/mol. The third-order valence-corrected chi connectivity index (χ3v) is 8.12. The van der Waals surface area contributed by atoms with E-state index in [1.54, 1.807) is 0 Å². The SMILES string of the molecule is CC(C)c1cc(Br)cc(C(C)C)c1NCC1C(C)C(C)C2C=CSC21. The average Bonchev–Trinajstić information content (AvgIpc) is 3.10. The Kier molecular flexibility index (Phi) is 5.95. The Hall–Kier alpha value is -0.410. The summed E-state index contributed by atoms with van der Waals surface area (Å²) in [6.07, 6.45) is 2.45. The zero-order chi connectivity index (χ0) is 18.3. The number of hydrogen-bond acceptors (Lipinski definition) is 2. The summed E-state index contributed by atoms with van der Waals surface area (Å²) in [6, 6.07) is 4.60. The van der Waals surface area contributed by atoms with E-state index >= 15 is 0 Å². The molecule has 1 heterocycles. The highest BCUT2D eigenvalue weighted by molar-refractivity contribution is 9.10. The lowest BCUT2D eigenvalue weighted by atomic mass is 9.89. The Balaban J connectivity index is 1.85. The van der Waals surface area contributed by atoms with Crippen LogP contribution in [0.4, 0.5) is 5.69 Å². The zero-order valence-corrected chi connectivity index (χ0v) is 18.7. The van der Waals surface area contributed by atoms with Gasteiger partial charge in [0, 0.05) is 22.0 Å². The third-order valence-electron chi connectivity index (χ3n) is 6.37. The van der Waals surface area contributed by atoms with Crippen molar-refractivity contribution in [1.82, 2.24) is 0 Å². The molecule has 1 N–H and O–H groups in total. The van der Waals surface area contributed by atoms with Crippen molar-refractivity contribution in [3.05, 3.63) is 39.2 Å². The predicted octanol–water partition coefficient (Wildman–Crippen LogP) is 7.26. The molecule has 1 aromatic rings. The van der Waals surface area contributed by atoms with Crippen molar-refractivity contribution < 1.29 is 0 Å². The van der Waals surface area contributed by atoms with Gasteiger partial charge in [0.25, 0.3) is 0 Å². The van der Waals surface area contributed by atoms with E-state index in [1.807, 2.05) is 0 Å². The van der Waals surface area contributed by atoms with E-state index in [0.29, 0.717) is 11.8 Å². The van der Waals surface area contributed by atoms with Crippen LogP contribution in [0, 0.1) is 23.7 Å². The summed E-state index contributed by atoms with van der Waals surface area (Å²) < 4.78 is 1.20. The van der Waals surface area contributed by atoms with Crippen LogP contribution in [0.15, 0.2) is 28.1 Å². The first kappa shape index (κ1) is 19.4. The van der Waals surface area contributed by atoms with Gasteiger partial charge >= 0.3 is 0 Å². The summed E-state index contributed by atoms with van der Waals surface area (Å²) in [5, 5.41) is 7.01. The maximum Gasteiger partial charge on any atom is 0.0411 e. The number of rotatable bonds is 5. The molecule has 138 valence electrons. The van der Waals surface area contributed by atoms with Crippen LogP contribution in [0.2, 0.25) is 0 Å². The molecule has 5 unspecified atom stereocenters. The molecule has 1 saturated carbocycles.